The minimum atomic E-state index is -0.987. The van der Waals surface area contributed by atoms with Crippen molar-refractivity contribution in [3.8, 4) is 10.7 Å². The number of carboxylic acids is 1. The van der Waals surface area contributed by atoms with Crippen LogP contribution in [0.5, 0.6) is 0 Å². The van der Waals surface area contributed by atoms with E-state index in [-0.39, 0.29) is 12.4 Å². The second-order valence-electron chi connectivity index (χ2n) is 6.99. The molecule has 8 heteroatoms. The number of hydrogen-bond acceptors (Lipinski definition) is 7. The van der Waals surface area contributed by atoms with Gasteiger partial charge in [-0.25, -0.2) is 14.8 Å². The van der Waals surface area contributed by atoms with Crippen LogP contribution < -0.4 is 5.32 Å². The summed E-state index contributed by atoms with van der Waals surface area (Å²) in [6.45, 7) is 6.17. The Morgan fingerprint density at radius 2 is 1.88 bits per heavy atom. The first kappa shape index (κ1) is 23.1. The molecule has 0 radical (unpaired) electrons. The SMILES string of the molecule is CCOC(=O)Cc1ccc(Nc2nc(-c3ccc(C=CC(=O)O)s3)nc(C)c2CC)cc1. The largest absolute Gasteiger partial charge is 0.478 e. The summed E-state index contributed by atoms with van der Waals surface area (Å²) >= 11 is 1.43. The van der Waals surface area contributed by atoms with E-state index in [2.05, 4.69) is 17.2 Å². The average Bonchev–Trinajstić information content (AvgIpc) is 3.23. The van der Waals surface area contributed by atoms with E-state index in [1.807, 2.05) is 43.3 Å². The van der Waals surface area contributed by atoms with E-state index in [0.717, 1.165) is 50.6 Å². The number of carbonyl (C=O) groups excluding carboxylic acids is 1. The molecule has 0 unspecified atom stereocenters. The van der Waals surface area contributed by atoms with Crippen molar-refractivity contribution < 1.29 is 19.4 Å². The second-order valence-corrected chi connectivity index (χ2v) is 8.11. The summed E-state index contributed by atoms with van der Waals surface area (Å²) in [5, 5.41) is 12.2. The third-order valence-corrected chi connectivity index (χ3v) is 5.72. The highest BCUT2D eigenvalue weighted by Crippen LogP contribution is 2.30. The van der Waals surface area contributed by atoms with Crippen LogP contribution in [0.25, 0.3) is 16.8 Å². The third kappa shape index (κ3) is 6.01. The Labute approximate surface area is 190 Å². The first-order chi connectivity index (χ1) is 15.4. The summed E-state index contributed by atoms with van der Waals surface area (Å²) in [5.74, 6) is 0.0791. The van der Waals surface area contributed by atoms with Gasteiger partial charge in [-0.1, -0.05) is 19.1 Å². The van der Waals surface area contributed by atoms with E-state index in [0.29, 0.717) is 12.4 Å². The monoisotopic (exact) mass is 451 g/mol. The molecule has 2 aromatic heterocycles. The maximum Gasteiger partial charge on any atom is 0.328 e. The molecule has 0 atom stereocenters. The van der Waals surface area contributed by atoms with Crippen LogP contribution in [0.15, 0.2) is 42.5 Å². The number of aromatic nitrogens is 2. The molecule has 0 bridgehead atoms. The molecule has 2 N–H and O–H groups in total. The van der Waals surface area contributed by atoms with Crippen LogP contribution in [0, 0.1) is 6.92 Å². The smallest absolute Gasteiger partial charge is 0.328 e. The van der Waals surface area contributed by atoms with Gasteiger partial charge >= 0.3 is 11.9 Å². The third-order valence-electron chi connectivity index (χ3n) is 4.68. The average molecular weight is 452 g/mol. The minimum Gasteiger partial charge on any atom is -0.478 e. The fourth-order valence-corrected chi connectivity index (χ4v) is 4.02. The van der Waals surface area contributed by atoms with Gasteiger partial charge in [-0.15, -0.1) is 11.3 Å². The van der Waals surface area contributed by atoms with Crippen molar-refractivity contribution in [2.75, 3.05) is 11.9 Å². The van der Waals surface area contributed by atoms with E-state index >= 15 is 0 Å². The number of benzene rings is 1. The van der Waals surface area contributed by atoms with Gasteiger partial charge in [0.2, 0.25) is 0 Å². The lowest BCUT2D eigenvalue weighted by Gasteiger charge is -2.14. The summed E-state index contributed by atoms with van der Waals surface area (Å²) in [6, 6.07) is 11.3. The number of hydrogen-bond donors (Lipinski definition) is 2. The highest BCUT2D eigenvalue weighted by atomic mass is 32.1. The zero-order valence-electron chi connectivity index (χ0n) is 18.2. The van der Waals surface area contributed by atoms with Crippen LogP contribution in [0.1, 0.15) is 35.5 Å². The predicted molar refractivity (Wildman–Crippen MR) is 126 cm³/mol. The van der Waals surface area contributed by atoms with Crippen molar-refractivity contribution >= 4 is 40.9 Å². The molecule has 0 amide bonds. The summed E-state index contributed by atoms with van der Waals surface area (Å²) in [6.07, 6.45) is 3.68. The van der Waals surface area contributed by atoms with Crippen LogP contribution >= 0.6 is 11.3 Å². The van der Waals surface area contributed by atoms with Gasteiger partial charge in [-0.3, -0.25) is 4.79 Å². The number of esters is 1. The maximum atomic E-state index is 11.7. The predicted octanol–water partition coefficient (Wildman–Crippen LogP) is 5.02. The Morgan fingerprint density at radius 3 is 2.53 bits per heavy atom. The highest BCUT2D eigenvalue weighted by molar-refractivity contribution is 7.16. The molecular weight excluding hydrogens is 426 g/mol. The molecule has 3 aromatic rings. The molecule has 7 nitrogen and oxygen atoms in total. The highest BCUT2D eigenvalue weighted by Gasteiger charge is 2.14. The molecule has 0 saturated heterocycles. The molecule has 166 valence electrons. The van der Waals surface area contributed by atoms with Crippen molar-refractivity contribution in [3.63, 3.8) is 0 Å². The molecule has 0 aliphatic rings. The molecule has 32 heavy (non-hydrogen) atoms. The fraction of sp³-hybridized carbons (Fsp3) is 0.250. The van der Waals surface area contributed by atoms with Gasteiger partial charge < -0.3 is 15.2 Å². The molecular formula is C24H25N3O4S. The van der Waals surface area contributed by atoms with Crippen LogP contribution in [0.4, 0.5) is 11.5 Å². The first-order valence-corrected chi connectivity index (χ1v) is 11.1. The molecule has 0 aliphatic carbocycles. The lowest BCUT2D eigenvalue weighted by molar-refractivity contribution is -0.142. The van der Waals surface area contributed by atoms with Crippen molar-refractivity contribution in [2.45, 2.75) is 33.6 Å². The molecule has 0 aliphatic heterocycles. The Balaban J connectivity index is 1.84. The molecule has 0 saturated carbocycles. The van der Waals surface area contributed by atoms with Crippen molar-refractivity contribution in [1.29, 1.82) is 0 Å². The number of ether oxygens (including phenoxy) is 1. The lowest BCUT2D eigenvalue weighted by atomic mass is 10.1. The zero-order chi connectivity index (χ0) is 23.1. The number of anilines is 2. The van der Waals surface area contributed by atoms with Gasteiger partial charge in [0.25, 0.3) is 0 Å². The number of carbonyl (C=O) groups is 2. The number of thiophene rings is 1. The van der Waals surface area contributed by atoms with Crippen molar-refractivity contribution in [2.24, 2.45) is 0 Å². The van der Waals surface area contributed by atoms with Gasteiger partial charge in [-0.2, -0.15) is 0 Å². The van der Waals surface area contributed by atoms with E-state index in [4.69, 9.17) is 14.8 Å². The summed E-state index contributed by atoms with van der Waals surface area (Å²) in [7, 11) is 0. The standard InChI is InChI=1S/C24H25N3O4S/c1-4-19-15(3)25-24(20-12-10-18(32-20)11-13-21(28)29)27-23(19)26-17-8-6-16(7-9-17)14-22(30)31-5-2/h6-13H,4-5,14H2,1-3H3,(H,28,29)(H,25,26,27). The van der Waals surface area contributed by atoms with E-state index in [9.17, 15) is 9.59 Å². The quantitative estimate of drug-likeness (QED) is 0.348. The van der Waals surface area contributed by atoms with Crippen LogP contribution in [-0.2, 0) is 27.2 Å². The van der Waals surface area contributed by atoms with E-state index < -0.39 is 5.97 Å². The Bertz CT molecular complexity index is 1140. The topological polar surface area (TPSA) is 101 Å². The normalized spacial score (nSPS) is 11.0. The van der Waals surface area contributed by atoms with Gasteiger partial charge in [0, 0.05) is 27.9 Å². The number of rotatable bonds is 9. The fourth-order valence-electron chi connectivity index (χ4n) is 3.17. The van der Waals surface area contributed by atoms with E-state index in [1.165, 1.54) is 11.3 Å². The summed E-state index contributed by atoms with van der Waals surface area (Å²) in [4.78, 5) is 33.5. The Hall–Kier alpha value is -3.52. The minimum absolute atomic E-state index is 0.238. The Kier molecular flexibility index (Phi) is 7.72. The molecule has 0 fully saturated rings. The van der Waals surface area contributed by atoms with Gasteiger partial charge in [0.05, 0.1) is 17.9 Å². The molecule has 2 heterocycles. The number of aryl methyl sites for hydroxylation is 1. The number of carboxylic acid groups (broad SMARTS) is 1. The van der Waals surface area contributed by atoms with Gasteiger partial charge in [0.1, 0.15) is 5.82 Å². The van der Waals surface area contributed by atoms with Crippen LogP contribution in [0.2, 0.25) is 0 Å². The van der Waals surface area contributed by atoms with Crippen molar-refractivity contribution in [1.82, 2.24) is 9.97 Å². The van der Waals surface area contributed by atoms with E-state index in [1.54, 1.807) is 13.0 Å². The number of aliphatic carboxylic acids is 1. The molecule has 1 aromatic carbocycles. The van der Waals surface area contributed by atoms with Crippen molar-refractivity contribution in [3.05, 3.63) is 64.2 Å². The summed E-state index contributed by atoms with van der Waals surface area (Å²) < 4.78 is 5.00. The lowest BCUT2D eigenvalue weighted by Crippen LogP contribution is -2.07. The first-order valence-electron chi connectivity index (χ1n) is 10.3. The number of nitrogens with one attached hydrogen (secondary N) is 1. The van der Waals surface area contributed by atoms with Gasteiger partial charge in [-0.05, 0) is 56.2 Å². The van der Waals surface area contributed by atoms with Crippen LogP contribution in [0.3, 0.4) is 0 Å². The second kappa shape index (κ2) is 10.7. The Morgan fingerprint density at radius 1 is 1.12 bits per heavy atom. The molecule has 3 rings (SSSR count). The number of nitrogens with zero attached hydrogens (tertiary/aromatic N) is 2. The van der Waals surface area contributed by atoms with Crippen LogP contribution in [-0.4, -0.2) is 33.6 Å². The zero-order valence-corrected chi connectivity index (χ0v) is 19.0. The van der Waals surface area contributed by atoms with Gasteiger partial charge in [0.15, 0.2) is 5.82 Å². The molecule has 0 spiro atoms. The summed E-state index contributed by atoms with van der Waals surface area (Å²) in [5.41, 5.74) is 3.64. The maximum absolute atomic E-state index is 11.7.